The van der Waals surface area contributed by atoms with Crippen LogP contribution in [-0.4, -0.2) is 113 Å². The van der Waals surface area contributed by atoms with Gasteiger partial charge in [-0.05, 0) is 69.4 Å². The molecule has 9 rings (SSSR count). The van der Waals surface area contributed by atoms with E-state index in [2.05, 4.69) is 39.6 Å². The number of pyridine rings is 1. The van der Waals surface area contributed by atoms with Crippen LogP contribution in [0.2, 0.25) is 0 Å². The molecule has 6 aliphatic rings. The number of benzene rings is 1. The Hall–Kier alpha value is -4.96. The molecule has 3 aromatic rings. The van der Waals surface area contributed by atoms with Gasteiger partial charge >= 0.3 is 6.03 Å². The van der Waals surface area contributed by atoms with Crippen LogP contribution in [0.3, 0.4) is 0 Å². The number of piperidine rings is 1. The maximum absolute atomic E-state index is 15.1. The number of aromatic nitrogens is 2. The van der Waals surface area contributed by atoms with Crippen molar-refractivity contribution >= 4 is 55.6 Å². The van der Waals surface area contributed by atoms with Gasteiger partial charge in [-0.1, -0.05) is 49.3 Å². The lowest BCUT2D eigenvalue weighted by Gasteiger charge is -2.36. The fraction of sp³-hybridized carbons (Fsp3) is 0.558. The van der Waals surface area contributed by atoms with Crippen molar-refractivity contribution in [2.75, 3.05) is 26.2 Å². The molecule has 2 unspecified atom stereocenters. The Morgan fingerprint density at radius 2 is 1.83 bits per heavy atom. The Balaban J connectivity index is 1.09. The number of sulfonamides is 1. The summed E-state index contributed by atoms with van der Waals surface area (Å²) < 4.78 is 43.1. The lowest BCUT2D eigenvalue weighted by molar-refractivity contribution is -0.142. The molecule has 4 bridgehead atoms. The first kappa shape index (κ1) is 39.5. The zero-order chi connectivity index (χ0) is 41.1. The fourth-order valence-electron chi connectivity index (χ4n) is 9.77. The SMILES string of the molecule is C=CC1C[C@]1(NC(=O)[C@@H]1C[C@@H]2CN1C(=O)[C@H](C1CCCC1)NC(=O)N1CCCC(C1)OC/C=C/Cn1cc(C)c3c4ccccc4nc(c31)O2)C(=O)NS(=O)(=O)C1CC1. The van der Waals surface area contributed by atoms with Gasteiger partial charge in [0, 0.05) is 48.9 Å². The van der Waals surface area contributed by atoms with Crippen LogP contribution in [0.15, 0.2) is 55.3 Å². The molecule has 5 heterocycles. The summed E-state index contributed by atoms with van der Waals surface area (Å²) in [5.41, 5.74) is 1.03. The predicted molar refractivity (Wildman–Crippen MR) is 220 cm³/mol. The van der Waals surface area contributed by atoms with Crippen molar-refractivity contribution < 1.29 is 37.1 Å². The van der Waals surface area contributed by atoms with Crippen LogP contribution in [-0.2, 0) is 35.7 Å². The number of nitrogens with one attached hydrogen (secondary N) is 3. The van der Waals surface area contributed by atoms with Crippen molar-refractivity contribution in [3.05, 3.63) is 60.8 Å². The topological polar surface area (TPSA) is 181 Å². The molecular formula is C43H53N7O8S. The standard InChI is InChI=1S/C43H53N7O8S/c1-3-28-22-43(28,41(53)47-59(55,56)31-16-17-31)46-38(51)34-21-30-25-50(34)40(52)36(27-11-4-5-12-27)45-42(54)49-19-10-13-29(24-49)57-20-9-8-18-48-23-26(2)35-32-14-6-7-15-33(32)44-39(58-30)37(35)48/h3,6-9,14-15,23,27-31,34,36H,1,4-5,10-13,16-22,24-25H2,2H3,(H,45,54)(H,46,51)(H,47,53)/b9-8+/t28?,29?,30-,34+,36+,43-/m1/s1. The van der Waals surface area contributed by atoms with E-state index in [1.807, 2.05) is 36.4 Å². The van der Waals surface area contributed by atoms with Crippen molar-refractivity contribution in [2.45, 2.75) is 113 Å². The van der Waals surface area contributed by atoms with Gasteiger partial charge in [-0.2, -0.15) is 0 Å². The third-order valence-electron chi connectivity index (χ3n) is 13.2. The Kier molecular flexibility index (Phi) is 10.4. The molecule has 1 aromatic carbocycles. The van der Waals surface area contributed by atoms with Crippen LogP contribution >= 0.6 is 0 Å². The van der Waals surface area contributed by atoms with Gasteiger partial charge in [0.25, 0.3) is 5.91 Å². The summed E-state index contributed by atoms with van der Waals surface area (Å²) in [6, 6.07) is 5.51. The van der Waals surface area contributed by atoms with Crippen molar-refractivity contribution in [1.82, 2.24) is 34.7 Å². The molecule has 5 fully saturated rings. The summed E-state index contributed by atoms with van der Waals surface area (Å²) in [5, 5.41) is 7.33. The lowest BCUT2D eigenvalue weighted by Crippen LogP contribution is -2.60. The number of fused-ring (bicyclic) bond motifs is 6. The highest BCUT2D eigenvalue weighted by atomic mass is 32.2. The van der Waals surface area contributed by atoms with Crippen LogP contribution in [0.1, 0.15) is 69.8 Å². The van der Waals surface area contributed by atoms with E-state index in [1.54, 1.807) is 4.90 Å². The number of ether oxygens (including phenoxy) is 2. The number of urea groups is 1. The number of carbonyl (C=O) groups excluding carboxylic acids is 4. The normalized spacial score (nSPS) is 29.9. The third kappa shape index (κ3) is 7.58. The van der Waals surface area contributed by atoms with E-state index in [4.69, 9.17) is 14.5 Å². The number of aryl methyl sites for hydroxylation is 1. The summed E-state index contributed by atoms with van der Waals surface area (Å²) in [7, 11) is -3.90. The molecule has 3 saturated carbocycles. The highest BCUT2D eigenvalue weighted by Gasteiger charge is 2.62. The minimum Gasteiger partial charge on any atom is -0.471 e. The number of nitrogens with zero attached hydrogens (tertiary/aromatic N) is 4. The van der Waals surface area contributed by atoms with Gasteiger partial charge < -0.3 is 34.5 Å². The van der Waals surface area contributed by atoms with Crippen LogP contribution in [0.25, 0.3) is 21.8 Å². The van der Waals surface area contributed by atoms with E-state index in [1.165, 1.54) is 11.0 Å². The number of amides is 5. The minimum absolute atomic E-state index is 0.0192. The Labute approximate surface area is 344 Å². The Morgan fingerprint density at radius 1 is 1.03 bits per heavy atom. The molecule has 3 aliphatic heterocycles. The van der Waals surface area contributed by atoms with E-state index in [0.717, 1.165) is 65.9 Å². The summed E-state index contributed by atoms with van der Waals surface area (Å²) in [6.07, 6.45) is 12.9. The molecule has 0 spiro atoms. The van der Waals surface area contributed by atoms with Gasteiger partial charge in [0.15, 0.2) is 0 Å². The first-order valence-electron chi connectivity index (χ1n) is 21.1. The number of rotatable bonds is 7. The van der Waals surface area contributed by atoms with E-state index in [0.29, 0.717) is 45.0 Å². The monoisotopic (exact) mass is 827 g/mol. The molecule has 5 amide bonds. The quantitative estimate of drug-likeness (QED) is 0.299. The first-order chi connectivity index (χ1) is 28.5. The predicted octanol–water partition coefficient (Wildman–Crippen LogP) is 3.83. The molecule has 314 valence electrons. The second-order valence-corrected chi connectivity index (χ2v) is 19.2. The molecule has 3 aliphatic carbocycles. The van der Waals surface area contributed by atoms with Crippen molar-refractivity contribution in [3.63, 3.8) is 0 Å². The lowest BCUT2D eigenvalue weighted by atomic mass is 9.96. The molecule has 6 atom stereocenters. The Bertz CT molecular complexity index is 2340. The average Bonchev–Trinajstić information content (AvgIpc) is 4.05. The summed E-state index contributed by atoms with van der Waals surface area (Å²) in [4.78, 5) is 65.6. The van der Waals surface area contributed by atoms with Crippen molar-refractivity contribution in [3.8, 4) is 5.88 Å². The second-order valence-electron chi connectivity index (χ2n) is 17.3. The molecule has 16 heteroatoms. The molecule has 2 aromatic heterocycles. The average molecular weight is 828 g/mol. The molecular weight excluding hydrogens is 775 g/mol. The number of hydrogen-bond acceptors (Lipinski definition) is 9. The fourth-order valence-corrected chi connectivity index (χ4v) is 11.1. The van der Waals surface area contributed by atoms with Gasteiger partial charge in [-0.15, -0.1) is 6.58 Å². The summed E-state index contributed by atoms with van der Waals surface area (Å²) in [5.74, 6) is -2.10. The maximum Gasteiger partial charge on any atom is 0.318 e. The molecule has 15 nitrogen and oxygen atoms in total. The first-order valence-corrected chi connectivity index (χ1v) is 22.7. The number of carbonyl (C=O) groups is 4. The zero-order valence-electron chi connectivity index (χ0n) is 33.4. The second kappa shape index (κ2) is 15.6. The maximum atomic E-state index is 15.1. The van der Waals surface area contributed by atoms with Crippen molar-refractivity contribution in [2.24, 2.45) is 11.8 Å². The molecule has 59 heavy (non-hydrogen) atoms. The molecule has 0 radical (unpaired) electrons. The smallest absolute Gasteiger partial charge is 0.318 e. The van der Waals surface area contributed by atoms with Gasteiger partial charge in [-0.25, -0.2) is 18.2 Å². The highest BCUT2D eigenvalue weighted by molar-refractivity contribution is 7.91. The van der Waals surface area contributed by atoms with Crippen LogP contribution in [0.5, 0.6) is 5.88 Å². The number of hydrogen-bond donors (Lipinski definition) is 3. The summed E-state index contributed by atoms with van der Waals surface area (Å²) in [6.45, 7) is 7.74. The highest BCUT2D eigenvalue weighted by Crippen LogP contribution is 2.46. The van der Waals surface area contributed by atoms with Gasteiger partial charge in [0.1, 0.15) is 29.2 Å². The molecule has 3 N–H and O–H groups in total. The van der Waals surface area contributed by atoms with Crippen LogP contribution in [0, 0.1) is 18.8 Å². The molecule has 2 saturated heterocycles. The number of allylic oxidation sites excluding steroid dienone is 1. The van der Waals surface area contributed by atoms with Gasteiger partial charge in [0.05, 0.1) is 30.0 Å². The van der Waals surface area contributed by atoms with E-state index < -0.39 is 62.6 Å². The van der Waals surface area contributed by atoms with E-state index in [-0.39, 0.29) is 37.4 Å². The number of para-hydroxylation sites is 1. The van der Waals surface area contributed by atoms with Crippen LogP contribution < -0.4 is 20.1 Å². The van der Waals surface area contributed by atoms with Crippen molar-refractivity contribution in [1.29, 1.82) is 0 Å². The van der Waals surface area contributed by atoms with E-state index in [9.17, 15) is 22.8 Å². The van der Waals surface area contributed by atoms with Gasteiger partial charge in [0.2, 0.25) is 27.7 Å². The van der Waals surface area contributed by atoms with Crippen LogP contribution in [0.4, 0.5) is 4.79 Å². The minimum atomic E-state index is -3.90. The summed E-state index contributed by atoms with van der Waals surface area (Å²) >= 11 is 0. The third-order valence-corrected chi connectivity index (χ3v) is 15.0. The zero-order valence-corrected chi connectivity index (χ0v) is 34.3. The van der Waals surface area contributed by atoms with Gasteiger partial charge in [-0.3, -0.25) is 19.1 Å². The Morgan fingerprint density at radius 3 is 2.59 bits per heavy atom. The largest absolute Gasteiger partial charge is 0.471 e. The van der Waals surface area contributed by atoms with E-state index >= 15 is 4.79 Å².